The van der Waals surface area contributed by atoms with Crippen LogP contribution >= 0.6 is 0 Å². The Hall–Kier alpha value is -3.93. The van der Waals surface area contributed by atoms with E-state index in [-0.39, 0.29) is 39.4 Å². The van der Waals surface area contributed by atoms with Crippen LogP contribution in [0.4, 0.5) is 11.4 Å². The van der Waals surface area contributed by atoms with Crippen LogP contribution in [0, 0.1) is 0 Å². The Morgan fingerprint density at radius 1 is 0.815 bits per heavy atom. The number of anilines is 2. The van der Waals surface area contributed by atoms with Crippen molar-refractivity contribution in [1.29, 1.82) is 0 Å². The zero-order valence-corrected chi connectivity index (χ0v) is 14.0. The maximum Gasteiger partial charge on any atom is 0.255 e. The lowest BCUT2D eigenvalue weighted by atomic mass is 9.82. The Morgan fingerprint density at radius 2 is 1.56 bits per heavy atom. The quantitative estimate of drug-likeness (QED) is 0.377. The van der Waals surface area contributed by atoms with Gasteiger partial charge in [-0.3, -0.25) is 14.4 Å². The van der Waals surface area contributed by atoms with E-state index in [2.05, 4.69) is 5.32 Å². The van der Waals surface area contributed by atoms with Crippen LogP contribution in [0.15, 0.2) is 60.7 Å². The summed E-state index contributed by atoms with van der Waals surface area (Å²) in [6, 6.07) is 15.7. The molecule has 4 rings (SSSR count). The van der Waals surface area contributed by atoms with E-state index in [1.807, 2.05) is 0 Å². The molecule has 0 saturated heterocycles. The Bertz CT molecular complexity index is 1120. The van der Waals surface area contributed by atoms with Crippen molar-refractivity contribution in [2.45, 2.75) is 0 Å². The molecule has 1 aliphatic carbocycles. The van der Waals surface area contributed by atoms with Crippen LogP contribution in [0.1, 0.15) is 42.2 Å². The van der Waals surface area contributed by atoms with Gasteiger partial charge in [0.05, 0.1) is 22.4 Å². The van der Waals surface area contributed by atoms with Gasteiger partial charge in [0.2, 0.25) is 0 Å². The number of amides is 1. The van der Waals surface area contributed by atoms with E-state index in [0.29, 0.717) is 5.56 Å². The first kappa shape index (κ1) is 16.5. The molecule has 0 heterocycles. The van der Waals surface area contributed by atoms with Crippen LogP contribution < -0.4 is 11.1 Å². The smallest absolute Gasteiger partial charge is 0.255 e. The number of carbonyl (C=O) groups excluding carboxylic acids is 3. The molecule has 0 aromatic heterocycles. The second-order valence-corrected chi connectivity index (χ2v) is 6.13. The molecule has 3 aromatic carbocycles. The zero-order valence-electron chi connectivity index (χ0n) is 14.0. The van der Waals surface area contributed by atoms with Crippen LogP contribution in [0.25, 0.3) is 0 Å². The van der Waals surface area contributed by atoms with Crippen LogP contribution in [-0.2, 0) is 0 Å². The van der Waals surface area contributed by atoms with E-state index >= 15 is 0 Å². The molecule has 0 unspecified atom stereocenters. The third kappa shape index (κ3) is 2.55. The summed E-state index contributed by atoms with van der Waals surface area (Å²) >= 11 is 0. The van der Waals surface area contributed by atoms with Gasteiger partial charge < -0.3 is 16.2 Å². The molecule has 27 heavy (non-hydrogen) atoms. The largest absolute Gasteiger partial charge is 0.507 e. The second-order valence-electron chi connectivity index (χ2n) is 6.13. The molecule has 0 spiro atoms. The van der Waals surface area contributed by atoms with Gasteiger partial charge in [0, 0.05) is 16.8 Å². The van der Waals surface area contributed by atoms with Crippen LogP contribution in [0.2, 0.25) is 0 Å². The number of rotatable bonds is 2. The molecule has 0 atom stereocenters. The minimum Gasteiger partial charge on any atom is -0.507 e. The Kier molecular flexibility index (Phi) is 3.74. The number of phenolic OH excluding ortho intramolecular Hbond substituents is 1. The number of aromatic hydroxyl groups is 1. The van der Waals surface area contributed by atoms with Gasteiger partial charge in [0.15, 0.2) is 11.6 Å². The van der Waals surface area contributed by atoms with Gasteiger partial charge in [-0.1, -0.05) is 30.3 Å². The van der Waals surface area contributed by atoms with Gasteiger partial charge in [-0.15, -0.1) is 0 Å². The number of fused-ring (bicyclic) bond motifs is 2. The number of carbonyl (C=O) groups is 3. The summed E-state index contributed by atoms with van der Waals surface area (Å²) in [7, 11) is 0. The summed E-state index contributed by atoms with van der Waals surface area (Å²) in [6.45, 7) is 0. The second kappa shape index (κ2) is 6.10. The summed E-state index contributed by atoms with van der Waals surface area (Å²) in [5, 5.41) is 12.9. The number of ketones is 2. The molecule has 4 N–H and O–H groups in total. The molecule has 132 valence electrons. The molecule has 0 aliphatic heterocycles. The van der Waals surface area contributed by atoms with Crippen molar-refractivity contribution < 1.29 is 19.5 Å². The lowest BCUT2D eigenvalue weighted by molar-refractivity contribution is 0.0976. The standard InChI is InChI=1S/C21H14N2O4/c22-13-8-4-7-12-16(13)20(26)18-15(24)10-9-14(17(18)19(12)25)23-21(27)11-5-2-1-3-6-11/h1-10,24H,22H2,(H,23,27). The van der Waals surface area contributed by atoms with Crippen molar-refractivity contribution in [2.24, 2.45) is 0 Å². The Labute approximate surface area is 154 Å². The molecular formula is C21H14N2O4. The highest BCUT2D eigenvalue weighted by atomic mass is 16.3. The van der Waals surface area contributed by atoms with Gasteiger partial charge in [-0.05, 0) is 30.3 Å². The molecule has 0 saturated carbocycles. The van der Waals surface area contributed by atoms with E-state index in [1.54, 1.807) is 36.4 Å². The van der Waals surface area contributed by atoms with E-state index in [9.17, 15) is 19.5 Å². The van der Waals surface area contributed by atoms with Crippen molar-refractivity contribution in [2.75, 3.05) is 11.1 Å². The third-order valence-electron chi connectivity index (χ3n) is 4.49. The van der Waals surface area contributed by atoms with E-state index in [0.717, 1.165) is 0 Å². The number of hydrogen-bond donors (Lipinski definition) is 3. The van der Waals surface area contributed by atoms with Crippen LogP contribution in [-0.4, -0.2) is 22.6 Å². The highest BCUT2D eigenvalue weighted by Crippen LogP contribution is 2.38. The SMILES string of the molecule is Nc1cccc2c1C(=O)c1c(O)ccc(NC(=O)c3ccccc3)c1C2=O. The van der Waals surface area contributed by atoms with Crippen molar-refractivity contribution in [3.8, 4) is 5.75 Å². The van der Waals surface area contributed by atoms with Crippen molar-refractivity contribution in [3.05, 3.63) is 88.5 Å². The van der Waals surface area contributed by atoms with Crippen LogP contribution in [0.3, 0.4) is 0 Å². The first-order valence-corrected chi connectivity index (χ1v) is 8.19. The van der Waals surface area contributed by atoms with Gasteiger partial charge in [-0.25, -0.2) is 0 Å². The average Bonchev–Trinajstić information content (AvgIpc) is 2.67. The summed E-state index contributed by atoms with van der Waals surface area (Å²) in [6.07, 6.45) is 0. The monoisotopic (exact) mass is 358 g/mol. The van der Waals surface area contributed by atoms with E-state index < -0.39 is 17.5 Å². The van der Waals surface area contributed by atoms with E-state index in [4.69, 9.17) is 5.73 Å². The fourth-order valence-corrected chi connectivity index (χ4v) is 3.22. The highest BCUT2D eigenvalue weighted by molar-refractivity contribution is 6.33. The van der Waals surface area contributed by atoms with Crippen molar-refractivity contribution in [3.63, 3.8) is 0 Å². The van der Waals surface area contributed by atoms with Gasteiger partial charge >= 0.3 is 0 Å². The maximum absolute atomic E-state index is 13.0. The Morgan fingerprint density at radius 3 is 2.30 bits per heavy atom. The molecule has 0 fully saturated rings. The summed E-state index contributed by atoms with van der Waals surface area (Å²) in [5.74, 6) is -1.80. The predicted molar refractivity (Wildman–Crippen MR) is 100 cm³/mol. The van der Waals surface area contributed by atoms with Crippen LogP contribution in [0.5, 0.6) is 5.75 Å². The summed E-state index contributed by atoms with van der Waals surface area (Å²) in [5.41, 5.74) is 6.61. The minimum absolute atomic E-state index is 0.0395. The molecular weight excluding hydrogens is 344 g/mol. The molecule has 1 amide bonds. The molecule has 3 aromatic rings. The fourth-order valence-electron chi connectivity index (χ4n) is 3.22. The number of nitrogens with one attached hydrogen (secondary N) is 1. The zero-order chi connectivity index (χ0) is 19.1. The molecule has 6 heteroatoms. The number of nitrogens with two attached hydrogens (primary N) is 1. The summed E-state index contributed by atoms with van der Waals surface area (Å²) in [4.78, 5) is 38.4. The summed E-state index contributed by atoms with van der Waals surface area (Å²) < 4.78 is 0. The number of nitrogen functional groups attached to an aromatic ring is 1. The maximum atomic E-state index is 13.0. The highest BCUT2D eigenvalue weighted by Gasteiger charge is 2.35. The average molecular weight is 358 g/mol. The molecule has 1 aliphatic rings. The number of hydrogen-bond acceptors (Lipinski definition) is 5. The molecule has 0 bridgehead atoms. The Balaban J connectivity index is 1.86. The van der Waals surface area contributed by atoms with E-state index in [1.165, 1.54) is 24.3 Å². The first-order valence-electron chi connectivity index (χ1n) is 8.19. The first-order chi connectivity index (χ1) is 13.0. The van der Waals surface area contributed by atoms with Gasteiger partial charge in [0.25, 0.3) is 5.91 Å². The lowest BCUT2D eigenvalue weighted by Crippen LogP contribution is -2.25. The molecule has 6 nitrogen and oxygen atoms in total. The topological polar surface area (TPSA) is 109 Å². The van der Waals surface area contributed by atoms with Gasteiger partial charge in [0.1, 0.15) is 5.75 Å². The number of phenols is 1. The molecule has 0 radical (unpaired) electrons. The van der Waals surface area contributed by atoms with Crippen molar-refractivity contribution >= 4 is 28.8 Å². The fraction of sp³-hybridized carbons (Fsp3) is 0. The lowest BCUT2D eigenvalue weighted by Gasteiger charge is -2.22. The predicted octanol–water partition coefficient (Wildman–Crippen LogP) is 3.00. The van der Waals surface area contributed by atoms with Gasteiger partial charge in [-0.2, -0.15) is 0 Å². The normalized spacial score (nSPS) is 12.3. The minimum atomic E-state index is -0.550. The van der Waals surface area contributed by atoms with Crippen molar-refractivity contribution in [1.82, 2.24) is 0 Å². The third-order valence-corrected chi connectivity index (χ3v) is 4.49. The number of benzene rings is 3.